The van der Waals surface area contributed by atoms with Crippen molar-refractivity contribution in [1.82, 2.24) is 10.2 Å². The zero-order valence-electron chi connectivity index (χ0n) is 13.0. The SMILES string of the molecule is COc1ccc2ccccc2c1[C@H](C)N1CCNCC1.Cl.Cl. The third-order valence-electron chi connectivity index (χ3n) is 4.27. The van der Waals surface area contributed by atoms with E-state index in [1.54, 1.807) is 7.11 Å². The zero-order chi connectivity index (χ0) is 13.9. The largest absolute Gasteiger partial charge is 0.496 e. The average molecular weight is 343 g/mol. The Morgan fingerprint density at radius 3 is 2.41 bits per heavy atom. The topological polar surface area (TPSA) is 24.5 Å². The van der Waals surface area contributed by atoms with Gasteiger partial charge in [-0.15, -0.1) is 24.8 Å². The molecule has 1 saturated heterocycles. The summed E-state index contributed by atoms with van der Waals surface area (Å²) in [5.74, 6) is 0.995. The molecule has 22 heavy (non-hydrogen) atoms. The maximum absolute atomic E-state index is 5.62. The summed E-state index contributed by atoms with van der Waals surface area (Å²) in [6.07, 6.45) is 0. The summed E-state index contributed by atoms with van der Waals surface area (Å²) in [6.45, 7) is 6.60. The van der Waals surface area contributed by atoms with Gasteiger partial charge in [0.15, 0.2) is 0 Å². The van der Waals surface area contributed by atoms with Gasteiger partial charge in [-0.25, -0.2) is 0 Å². The molecule has 0 unspecified atom stereocenters. The van der Waals surface area contributed by atoms with Gasteiger partial charge in [-0.05, 0) is 23.8 Å². The minimum atomic E-state index is 0. The summed E-state index contributed by atoms with van der Waals surface area (Å²) in [5, 5.41) is 6.00. The van der Waals surface area contributed by atoms with Crippen molar-refractivity contribution in [2.24, 2.45) is 0 Å². The van der Waals surface area contributed by atoms with E-state index in [4.69, 9.17) is 4.74 Å². The fraction of sp³-hybridized carbons (Fsp3) is 0.412. The molecule has 0 aromatic heterocycles. The molecule has 1 aliphatic rings. The van der Waals surface area contributed by atoms with Crippen LogP contribution in [0.15, 0.2) is 36.4 Å². The van der Waals surface area contributed by atoms with Gasteiger partial charge in [0.25, 0.3) is 0 Å². The fourth-order valence-corrected chi connectivity index (χ4v) is 3.14. The molecule has 2 aromatic rings. The lowest BCUT2D eigenvalue weighted by atomic mass is 9.97. The van der Waals surface area contributed by atoms with Gasteiger partial charge in [0.05, 0.1) is 7.11 Å². The summed E-state index contributed by atoms with van der Waals surface area (Å²) >= 11 is 0. The summed E-state index contributed by atoms with van der Waals surface area (Å²) < 4.78 is 5.62. The fourth-order valence-electron chi connectivity index (χ4n) is 3.14. The van der Waals surface area contributed by atoms with Crippen molar-refractivity contribution in [1.29, 1.82) is 0 Å². The number of fused-ring (bicyclic) bond motifs is 1. The van der Waals surface area contributed by atoms with Crippen LogP contribution in [0, 0.1) is 0 Å². The van der Waals surface area contributed by atoms with Gasteiger partial charge >= 0.3 is 0 Å². The van der Waals surface area contributed by atoms with E-state index in [-0.39, 0.29) is 24.8 Å². The first-order valence-electron chi connectivity index (χ1n) is 7.31. The molecule has 2 aromatic carbocycles. The molecule has 1 N–H and O–H groups in total. The van der Waals surface area contributed by atoms with Crippen molar-refractivity contribution in [3.05, 3.63) is 42.0 Å². The number of hydrogen-bond donors (Lipinski definition) is 1. The van der Waals surface area contributed by atoms with Crippen LogP contribution in [0.1, 0.15) is 18.5 Å². The van der Waals surface area contributed by atoms with Crippen LogP contribution in [-0.2, 0) is 0 Å². The van der Waals surface area contributed by atoms with Gasteiger partial charge in [0.2, 0.25) is 0 Å². The Bertz CT molecular complexity index is 600. The van der Waals surface area contributed by atoms with E-state index >= 15 is 0 Å². The highest BCUT2D eigenvalue weighted by Crippen LogP contribution is 2.35. The van der Waals surface area contributed by atoms with Crippen molar-refractivity contribution >= 4 is 35.6 Å². The Morgan fingerprint density at radius 1 is 1.05 bits per heavy atom. The van der Waals surface area contributed by atoms with E-state index < -0.39 is 0 Å². The molecular weight excluding hydrogens is 319 g/mol. The van der Waals surface area contributed by atoms with E-state index in [2.05, 4.69) is 53.5 Å². The van der Waals surface area contributed by atoms with Crippen molar-refractivity contribution in [3.8, 4) is 5.75 Å². The van der Waals surface area contributed by atoms with E-state index in [9.17, 15) is 0 Å². The first-order valence-corrected chi connectivity index (χ1v) is 7.31. The normalized spacial score (nSPS) is 16.5. The molecule has 1 heterocycles. The molecule has 3 rings (SSSR count). The highest BCUT2D eigenvalue weighted by atomic mass is 35.5. The van der Waals surface area contributed by atoms with Crippen LogP contribution < -0.4 is 10.1 Å². The van der Waals surface area contributed by atoms with Gasteiger partial charge in [-0.1, -0.05) is 30.3 Å². The Hall–Kier alpha value is -1.00. The number of benzene rings is 2. The molecular formula is C17H24Cl2N2O. The van der Waals surface area contributed by atoms with E-state index in [1.165, 1.54) is 16.3 Å². The molecule has 1 fully saturated rings. The zero-order valence-corrected chi connectivity index (χ0v) is 14.7. The lowest BCUT2D eigenvalue weighted by Gasteiger charge is -2.34. The number of nitrogens with zero attached hydrogens (tertiary/aromatic N) is 1. The Balaban J connectivity index is 0.00000121. The van der Waals surface area contributed by atoms with Crippen molar-refractivity contribution in [3.63, 3.8) is 0 Å². The molecule has 1 atom stereocenters. The number of ether oxygens (including phenoxy) is 1. The van der Waals surface area contributed by atoms with E-state index in [0.29, 0.717) is 6.04 Å². The molecule has 3 nitrogen and oxygen atoms in total. The highest BCUT2D eigenvalue weighted by Gasteiger charge is 2.22. The van der Waals surface area contributed by atoms with E-state index in [1.807, 2.05) is 0 Å². The van der Waals surface area contributed by atoms with Crippen LogP contribution in [0.4, 0.5) is 0 Å². The molecule has 1 aliphatic heterocycles. The summed E-state index contributed by atoms with van der Waals surface area (Å²) in [5.41, 5.74) is 1.31. The molecule has 0 amide bonds. The van der Waals surface area contributed by atoms with E-state index in [0.717, 1.165) is 31.9 Å². The third-order valence-corrected chi connectivity index (χ3v) is 4.27. The highest BCUT2D eigenvalue weighted by molar-refractivity contribution is 5.88. The number of methoxy groups -OCH3 is 1. The maximum atomic E-state index is 5.62. The minimum absolute atomic E-state index is 0. The van der Waals surface area contributed by atoms with Gasteiger partial charge in [0, 0.05) is 37.8 Å². The Morgan fingerprint density at radius 2 is 1.73 bits per heavy atom. The predicted octanol–water partition coefficient (Wildman–Crippen LogP) is 3.66. The molecule has 0 bridgehead atoms. The third kappa shape index (κ3) is 3.66. The minimum Gasteiger partial charge on any atom is -0.496 e. The van der Waals surface area contributed by atoms with Crippen LogP contribution in [0.2, 0.25) is 0 Å². The first-order chi connectivity index (χ1) is 9.81. The summed E-state index contributed by atoms with van der Waals surface area (Å²) in [7, 11) is 1.76. The summed E-state index contributed by atoms with van der Waals surface area (Å²) in [4.78, 5) is 2.53. The van der Waals surface area contributed by atoms with Gasteiger partial charge in [0.1, 0.15) is 5.75 Å². The molecule has 5 heteroatoms. The van der Waals surface area contributed by atoms with Crippen molar-refractivity contribution in [2.45, 2.75) is 13.0 Å². The molecule has 122 valence electrons. The lowest BCUT2D eigenvalue weighted by molar-refractivity contribution is 0.183. The second-order valence-electron chi connectivity index (χ2n) is 5.36. The van der Waals surface area contributed by atoms with Crippen molar-refractivity contribution in [2.75, 3.05) is 33.3 Å². The smallest absolute Gasteiger partial charge is 0.124 e. The van der Waals surface area contributed by atoms with Crippen LogP contribution in [-0.4, -0.2) is 38.2 Å². The lowest BCUT2D eigenvalue weighted by Crippen LogP contribution is -2.44. The van der Waals surface area contributed by atoms with Crippen LogP contribution in [0.5, 0.6) is 5.75 Å². The van der Waals surface area contributed by atoms with Crippen molar-refractivity contribution < 1.29 is 4.74 Å². The van der Waals surface area contributed by atoms with Crippen LogP contribution in [0.25, 0.3) is 10.8 Å². The molecule has 0 saturated carbocycles. The second kappa shape index (κ2) is 8.59. The number of piperazine rings is 1. The standard InChI is InChI=1S/C17H22N2O.2ClH/c1-13(19-11-9-18-10-12-19)17-15-6-4-3-5-14(15)7-8-16(17)20-2;;/h3-8,13,18H,9-12H2,1-2H3;2*1H/t13-;;/m0../s1. The van der Waals surface area contributed by atoms with Gasteiger partial charge < -0.3 is 10.1 Å². The monoisotopic (exact) mass is 342 g/mol. The van der Waals surface area contributed by atoms with Gasteiger partial charge in [-0.3, -0.25) is 4.90 Å². The molecule has 0 spiro atoms. The van der Waals surface area contributed by atoms with Crippen LogP contribution in [0.3, 0.4) is 0 Å². The number of halogens is 2. The summed E-state index contributed by atoms with van der Waals surface area (Å²) in [6, 6.07) is 13.2. The average Bonchev–Trinajstić information content (AvgIpc) is 2.54. The van der Waals surface area contributed by atoms with Crippen LogP contribution >= 0.6 is 24.8 Å². The Kier molecular flexibility index (Phi) is 7.43. The quantitative estimate of drug-likeness (QED) is 0.921. The maximum Gasteiger partial charge on any atom is 0.124 e. The number of rotatable bonds is 3. The molecule has 0 aliphatic carbocycles. The predicted molar refractivity (Wildman–Crippen MR) is 97.9 cm³/mol. The number of nitrogens with one attached hydrogen (secondary N) is 1. The second-order valence-corrected chi connectivity index (χ2v) is 5.36. The Labute approximate surface area is 144 Å². The number of hydrogen-bond acceptors (Lipinski definition) is 3. The molecule has 0 radical (unpaired) electrons. The first kappa shape index (κ1) is 19.0. The van der Waals surface area contributed by atoms with Gasteiger partial charge in [-0.2, -0.15) is 0 Å².